The van der Waals surface area contributed by atoms with Gasteiger partial charge in [-0.15, -0.1) is 0 Å². The summed E-state index contributed by atoms with van der Waals surface area (Å²) < 4.78 is 18.5. The first-order valence-corrected chi connectivity index (χ1v) is 12.2. The van der Waals surface area contributed by atoms with Gasteiger partial charge in [-0.3, -0.25) is 0 Å². The molecule has 0 bridgehead atoms. The van der Waals surface area contributed by atoms with E-state index in [0.717, 1.165) is 39.7 Å². The topological polar surface area (TPSA) is 55.1 Å². The maximum Gasteiger partial charge on any atom is 0.322 e. The second-order valence-electron chi connectivity index (χ2n) is 9.27. The van der Waals surface area contributed by atoms with Gasteiger partial charge in [-0.2, -0.15) is 5.10 Å². The van der Waals surface area contributed by atoms with Crippen LogP contribution in [0.15, 0.2) is 97.2 Å². The Morgan fingerprint density at radius 2 is 1.73 bits per heavy atom. The summed E-state index contributed by atoms with van der Waals surface area (Å²) >= 11 is 0. The van der Waals surface area contributed by atoms with Crippen molar-refractivity contribution in [3.63, 3.8) is 0 Å². The Labute approximate surface area is 214 Å². The zero-order valence-electron chi connectivity index (χ0n) is 20.6. The molecule has 3 aromatic carbocycles. The molecule has 1 aliphatic heterocycles. The van der Waals surface area contributed by atoms with Gasteiger partial charge in [0.2, 0.25) is 0 Å². The number of nitrogens with one attached hydrogen (secondary N) is 1. The quantitative estimate of drug-likeness (QED) is 0.311. The number of halogens is 1. The van der Waals surface area contributed by atoms with Gasteiger partial charge in [0, 0.05) is 17.4 Å². The van der Waals surface area contributed by atoms with Crippen molar-refractivity contribution in [3.8, 4) is 11.5 Å². The van der Waals surface area contributed by atoms with Gasteiger partial charge in [0.15, 0.2) is 0 Å². The zero-order valence-corrected chi connectivity index (χ0v) is 20.6. The summed E-state index contributed by atoms with van der Waals surface area (Å²) in [4.78, 5) is 15.7. The molecular formula is C30H26FN5O. The fourth-order valence-electron chi connectivity index (χ4n) is 5.08. The van der Waals surface area contributed by atoms with Gasteiger partial charge in [-0.25, -0.2) is 13.9 Å². The van der Waals surface area contributed by atoms with Crippen LogP contribution < -0.4 is 5.32 Å². The summed E-state index contributed by atoms with van der Waals surface area (Å²) in [6, 6.07) is 27.2. The van der Waals surface area contributed by atoms with E-state index in [9.17, 15) is 9.18 Å². The maximum atomic E-state index is 14.5. The highest BCUT2D eigenvalue weighted by Crippen LogP contribution is 2.39. The van der Waals surface area contributed by atoms with E-state index >= 15 is 0 Å². The van der Waals surface area contributed by atoms with Crippen LogP contribution in [-0.2, 0) is 6.54 Å². The number of carbonyl (C=O) groups excluding carboxylic acids is 1. The number of carbonyl (C=O) groups is 1. The molecule has 7 heteroatoms. The lowest BCUT2D eigenvalue weighted by Crippen LogP contribution is -2.38. The second-order valence-corrected chi connectivity index (χ2v) is 9.27. The summed E-state index contributed by atoms with van der Waals surface area (Å²) in [6.07, 6.45) is 1.98. The molecule has 6 nitrogen and oxygen atoms in total. The predicted octanol–water partition coefficient (Wildman–Crippen LogP) is 6.56. The van der Waals surface area contributed by atoms with Crippen LogP contribution in [0.25, 0.3) is 11.5 Å². The average Bonchev–Trinajstić information content (AvgIpc) is 3.46. The lowest BCUT2D eigenvalue weighted by molar-refractivity contribution is 0.194. The zero-order chi connectivity index (χ0) is 25.5. The van der Waals surface area contributed by atoms with E-state index in [0.29, 0.717) is 12.1 Å². The van der Waals surface area contributed by atoms with Crippen LogP contribution in [0.1, 0.15) is 34.1 Å². The van der Waals surface area contributed by atoms with Crippen molar-refractivity contribution < 1.29 is 9.18 Å². The van der Waals surface area contributed by atoms with Crippen molar-refractivity contribution in [1.82, 2.24) is 19.2 Å². The van der Waals surface area contributed by atoms with E-state index in [1.807, 2.05) is 97.5 Å². The molecule has 2 aromatic heterocycles. The molecule has 1 N–H and O–H groups in total. The number of benzene rings is 3. The highest BCUT2D eigenvalue weighted by molar-refractivity contribution is 5.91. The third kappa shape index (κ3) is 3.98. The van der Waals surface area contributed by atoms with Gasteiger partial charge < -0.3 is 14.8 Å². The van der Waals surface area contributed by atoms with Crippen molar-refractivity contribution >= 4 is 11.7 Å². The first kappa shape index (κ1) is 22.8. The SMILES string of the molecule is Cc1ccccc1NC(=O)N1Cc2c(C)nn(-c3ccccc3)c2-n2cccc2[C@@H]1c1cccc(F)c1. The van der Waals surface area contributed by atoms with E-state index in [4.69, 9.17) is 5.10 Å². The number of urea groups is 1. The predicted molar refractivity (Wildman–Crippen MR) is 142 cm³/mol. The first-order valence-electron chi connectivity index (χ1n) is 12.2. The first-order chi connectivity index (χ1) is 18.0. The monoisotopic (exact) mass is 491 g/mol. The normalized spacial score (nSPS) is 14.6. The molecule has 2 amide bonds. The molecule has 0 aliphatic carbocycles. The Morgan fingerprint density at radius 3 is 2.51 bits per heavy atom. The highest BCUT2D eigenvalue weighted by atomic mass is 19.1. The average molecular weight is 492 g/mol. The van der Waals surface area contributed by atoms with Crippen molar-refractivity contribution in [1.29, 1.82) is 0 Å². The number of aromatic nitrogens is 3. The number of para-hydroxylation sites is 2. The van der Waals surface area contributed by atoms with E-state index in [1.54, 1.807) is 11.0 Å². The van der Waals surface area contributed by atoms with Crippen molar-refractivity contribution in [3.05, 3.63) is 131 Å². The number of amides is 2. The molecule has 1 atom stereocenters. The minimum Gasteiger partial charge on any atom is -0.308 e. The summed E-state index contributed by atoms with van der Waals surface area (Å²) in [7, 11) is 0. The van der Waals surface area contributed by atoms with Gasteiger partial charge in [0.05, 0.1) is 29.7 Å². The second kappa shape index (κ2) is 9.09. The van der Waals surface area contributed by atoms with Gasteiger partial charge in [-0.1, -0.05) is 48.5 Å². The molecule has 37 heavy (non-hydrogen) atoms. The van der Waals surface area contributed by atoms with Crippen molar-refractivity contribution in [2.45, 2.75) is 26.4 Å². The minimum atomic E-state index is -0.522. The Morgan fingerprint density at radius 1 is 0.946 bits per heavy atom. The standard InChI is InChI=1S/C30H26FN5O/c1-20-10-6-7-15-26(20)32-30(37)35-19-25-21(2)33-36(24-13-4-3-5-14-24)29(25)34-17-9-16-27(34)28(35)22-11-8-12-23(31)18-22/h3-18,28H,19H2,1-2H3,(H,32,37)/t28-/m0/s1. The van der Waals surface area contributed by atoms with Crippen LogP contribution in [0.5, 0.6) is 0 Å². The maximum absolute atomic E-state index is 14.5. The molecule has 0 fully saturated rings. The molecular weight excluding hydrogens is 465 g/mol. The van der Waals surface area contributed by atoms with Crippen LogP contribution >= 0.6 is 0 Å². The summed E-state index contributed by atoms with van der Waals surface area (Å²) in [5, 5.41) is 7.95. The Hall–Kier alpha value is -4.65. The van der Waals surface area contributed by atoms with Crippen LogP contribution in [-0.4, -0.2) is 25.3 Å². The number of nitrogens with zero attached hydrogens (tertiary/aromatic N) is 4. The van der Waals surface area contributed by atoms with Gasteiger partial charge in [0.25, 0.3) is 0 Å². The number of rotatable bonds is 3. The number of hydrogen-bond donors (Lipinski definition) is 1. The van der Waals surface area contributed by atoms with E-state index in [1.165, 1.54) is 12.1 Å². The lowest BCUT2D eigenvalue weighted by Gasteiger charge is -2.31. The summed E-state index contributed by atoms with van der Waals surface area (Å²) in [5.41, 5.74) is 5.93. The van der Waals surface area contributed by atoms with Gasteiger partial charge in [-0.05, 0) is 67.4 Å². The van der Waals surface area contributed by atoms with Crippen LogP contribution in [0.4, 0.5) is 14.9 Å². The molecule has 0 spiro atoms. The molecule has 184 valence electrons. The van der Waals surface area contributed by atoms with Crippen LogP contribution in [0.3, 0.4) is 0 Å². The Kier molecular flexibility index (Phi) is 5.60. The molecule has 0 saturated heterocycles. The fourth-order valence-corrected chi connectivity index (χ4v) is 5.08. The van der Waals surface area contributed by atoms with E-state index < -0.39 is 6.04 Å². The van der Waals surface area contributed by atoms with Crippen LogP contribution in [0, 0.1) is 19.7 Å². The number of fused-ring (bicyclic) bond motifs is 3. The Bertz CT molecular complexity index is 1600. The molecule has 1 aliphatic rings. The van der Waals surface area contributed by atoms with E-state index in [-0.39, 0.29) is 11.8 Å². The molecule has 0 unspecified atom stereocenters. The minimum absolute atomic E-state index is 0.268. The van der Waals surface area contributed by atoms with Crippen molar-refractivity contribution in [2.24, 2.45) is 0 Å². The summed E-state index contributed by atoms with van der Waals surface area (Å²) in [6.45, 7) is 4.22. The number of hydrogen-bond acceptors (Lipinski definition) is 2. The third-order valence-corrected chi connectivity index (χ3v) is 6.90. The number of anilines is 1. The third-order valence-electron chi connectivity index (χ3n) is 6.90. The van der Waals surface area contributed by atoms with Gasteiger partial charge >= 0.3 is 6.03 Å². The van der Waals surface area contributed by atoms with Gasteiger partial charge in [0.1, 0.15) is 11.6 Å². The van der Waals surface area contributed by atoms with E-state index in [2.05, 4.69) is 9.88 Å². The summed E-state index contributed by atoms with van der Waals surface area (Å²) in [5.74, 6) is 0.527. The molecule has 5 aromatic rings. The fraction of sp³-hybridized carbons (Fsp3) is 0.133. The number of aryl methyl sites for hydroxylation is 2. The lowest BCUT2D eigenvalue weighted by atomic mass is 10.0. The molecule has 0 radical (unpaired) electrons. The smallest absolute Gasteiger partial charge is 0.308 e. The molecule has 6 rings (SSSR count). The highest BCUT2D eigenvalue weighted by Gasteiger charge is 2.36. The van der Waals surface area contributed by atoms with Crippen molar-refractivity contribution in [2.75, 3.05) is 5.32 Å². The molecule has 3 heterocycles. The largest absolute Gasteiger partial charge is 0.322 e. The molecule has 0 saturated carbocycles. The van der Waals surface area contributed by atoms with Crippen LogP contribution in [0.2, 0.25) is 0 Å². The Balaban J connectivity index is 1.55.